The number of benzene rings is 1. The molecular formula is C20H14N2O4. The van der Waals surface area contributed by atoms with E-state index in [0.29, 0.717) is 17.0 Å². The van der Waals surface area contributed by atoms with Crippen molar-refractivity contribution in [2.75, 3.05) is 0 Å². The van der Waals surface area contributed by atoms with E-state index in [1.54, 1.807) is 12.2 Å². The molecule has 26 heavy (non-hydrogen) atoms. The van der Waals surface area contributed by atoms with Gasteiger partial charge in [0.2, 0.25) is 0 Å². The van der Waals surface area contributed by atoms with Crippen LogP contribution in [0.25, 0.3) is 23.5 Å². The third-order valence-corrected chi connectivity index (χ3v) is 3.71. The summed E-state index contributed by atoms with van der Waals surface area (Å²) in [4.78, 5) is 31.2. The van der Waals surface area contributed by atoms with E-state index < -0.39 is 11.9 Å². The van der Waals surface area contributed by atoms with Crippen LogP contribution in [0.5, 0.6) is 0 Å². The zero-order chi connectivity index (χ0) is 18.5. The van der Waals surface area contributed by atoms with Crippen LogP contribution in [0.15, 0.2) is 60.9 Å². The Bertz CT molecular complexity index is 998. The maximum atomic E-state index is 11.6. The molecule has 0 atom stereocenters. The molecule has 3 rings (SSSR count). The Hall–Kier alpha value is -3.80. The van der Waals surface area contributed by atoms with Gasteiger partial charge in [-0.05, 0) is 23.8 Å². The van der Waals surface area contributed by atoms with E-state index in [0.717, 1.165) is 5.56 Å². The molecule has 0 radical (unpaired) electrons. The van der Waals surface area contributed by atoms with E-state index in [1.807, 2.05) is 30.3 Å². The van der Waals surface area contributed by atoms with Crippen LogP contribution in [0.3, 0.4) is 0 Å². The molecular weight excluding hydrogens is 332 g/mol. The van der Waals surface area contributed by atoms with Gasteiger partial charge in [-0.1, -0.05) is 42.5 Å². The van der Waals surface area contributed by atoms with E-state index >= 15 is 0 Å². The topological polar surface area (TPSA) is 100 Å². The van der Waals surface area contributed by atoms with Crippen molar-refractivity contribution in [3.05, 3.63) is 83.2 Å². The van der Waals surface area contributed by atoms with Crippen LogP contribution in [-0.2, 0) is 0 Å². The summed E-state index contributed by atoms with van der Waals surface area (Å²) in [5.41, 5.74) is 1.96. The molecule has 0 saturated carbocycles. The molecule has 6 heteroatoms. The Morgan fingerprint density at radius 2 is 1.58 bits per heavy atom. The van der Waals surface area contributed by atoms with Crippen molar-refractivity contribution in [3.63, 3.8) is 0 Å². The summed E-state index contributed by atoms with van der Waals surface area (Å²) >= 11 is 0. The van der Waals surface area contributed by atoms with Crippen molar-refractivity contribution >= 4 is 24.1 Å². The third-order valence-electron chi connectivity index (χ3n) is 3.71. The van der Waals surface area contributed by atoms with Crippen LogP contribution >= 0.6 is 0 Å². The second-order valence-electron chi connectivity index (χ2n) is 5.40. The first kappa shape index (κ1) is 17.0. The molecule has 0 bridgehead atoms. The lowest BCUT2D eigenvalue weighted by Gasteiger charge is -2.08. The highest BCUT2D eigenvalue weighted by atomic mass is 16.4. The van der Waals surface area contributed by atoms with Gasteiger partial charge in [0.05, 0.1) is 22.5 Å². The van der Waals surface area contributed by atoms with Gasteiger partial charge >= 0.3 is 11.9 Å². The first-order valence-electron chi connectivity index (χ1n) is 7.71. The van der Waals surface area contributed by atoms with E-state index in [9.17, 15) is 14.7 Å². The summed E-state index contributed by atoms with van der Waals surface area (Å²) in [6, 6.07) is 13.5. The molecule has 3 aromatic rings. The smallest absolute Gasteiger partial charge is 0.336 e. The summed E-state index contributed by atoms with van der Waals surface area (Å²) in [5.74, 6) is -2.19. The molecule has 6 nitrogen and oxygen atoms in total. The highest BCUT2D eigenvalue weighted by Crippen LogP contribution is 2.25. The number of aromatic carboxylic acids is 2. The van der Waals surface area contributed by atoms with Gasteiger partial charge in [0.15, 0.2) is 0 Å². The molecule has 0 unspecified atom stereocenters. The average Bonchev–Trinajstić information content (AvgIpc) is 2.67. The zero-order valence-corrected chi connectivity index (χ0v) is 13.5. The molecule has 0 spiro atoms. The summed E-state index contributed by atoms with van der Waals surface area (Å²) in [5, 5.41) is 18.7. The quantitative estimate of drug-likeness (QED) is 0.730. The molecule has 0 aliphatic rings. The van der Waals surface area contributed by atoms with Gasteiger partial charge in [-0.15, -0.1) is 0 Å². The van der Waals surface area contributed by atoms with E-state index in [4.69, 9.17) is 5.11 Å². The Labute approximate surface area is 149 Å². The lowest BCUT2D eigenvalue weighted by atomic mass is 10.0. The number of carboxylic acids is 2. The fourth-order valence-electron chi connectivity index (χ4n) is 2.47. The van der Waals surface area contributed by atoms with Crippen molar-refractivity contribution in [2.24, 2.45) is 0 Å². The average molecular weight is 346 g/mol. The fourth-order valence-corrected chi connectivity index (χ4v) is 2.47. The zero-order valence-electron chi connectivity index (χ0n) is 13.5. The van der Waals surface area contributed by atoms with Crippen molar-refractivity contribution in [1.29, 1.82) is 0 Å². The summed E-state index contributed by atoms with van der Waals surface area (Å²) in [6.07, 6.45) is 6.15. The Balaban J connectivity index is 2.15. The van der Waals surface area contributed by atoms with Crippen LogP contribution < -0.4 is 0 Å². The molecule has 1 aromatic carbocycles. The van der Waals surface area contributed by atoms with E-state index in [2.05, 4.69) is 9.97 Å². The normalized spacial score (nSPS) is 10.8. The van der Waals surface area contributed by atoms with Crippen molar-refractivity contribution < 1.29 is 19.8 Å². The molecule has 0 aliphatic carbocycles. The molecule has 2 heterocycles. The van der Waals surface area contributed by atoms with E-state index in [1.165, 1.54) is 30.6 Å². The van der Waals surface area contributed by atoms with Gasteiger partial charge < -0.3 is 10.2 Å². The maximum Gasteiger partial charge on any atom is 0.336 e. The van der Waals surface area contributed by atoms with Crippen LogP contribution in [0.4, 0.5) is 0 Å². The highest BCUT2D eigenvalue weighted by Gasteiger charge is 2.16. The number of carbonyl (C=O) groups is 2. The first-order valence-corrected chi connectivity index (χ1v) is 7.71. The molecule has 0 fully saturated rings. The number of rotatable bonds is 5. The third kappa shape index (κ3) is 3.64. The van der Waals surface area contributed by atoms with Crippen LogP contribution in [0.1, 0.15) is 31.8 Å². The number of nitrogens with zero attached hydrogens (tertiary/aromatic N) is 2. The van der Waals surface area contributed by atoms with Crippen molar-refractivity contribution in [3.8, 4) is 11.4 Å². The Kier molecular flexibility index (Phi) is 4.85. The minimum atomic E-state index is -1.10. The van der Waals surface area contributed by atoms with Gasteiger partial charge in [0, 0.05) is 18.0 Å². The van der Waals surface area contributed by atoms with Gasteiger partial charge in [-0.3, -0.25) is 9.97 Å². The first-order chi connectivity index (χ1) is 12.6. The predicted octanol–water partition coefficient (Wildman–Crippen LogP) is 3.71. The monoisotopic (exact) mass is 346 g/mol. The second-order valence-corrected chi connectivity index (χ2v) is 5.40. The number of hydrogen-bond donors (Lipinski definition) is 2. The van der Waals surface area contributed by atoms with Crippen LogP contribution in [0, 0.1) is 0 Å². The number of hydrogen-bond acceptors (Lipinski definition) is 4. The lowest BCUT2D eigenvalue weighted by molar-refractivity contribution is 0.0685. The van der Waals surface area contributed by atoms with Crippen LogP contribution in [0.2, 0.25) is 0 Å². The van der Waals surface area contributed by atoms with Crippen LogP contribution in [-0.4, -0.2) is 32.1 Å². The molecule has 0 amide bonds. The minimum absolute atomic E-state index is 0.0514. The number of carboxylic acid groups (broad SMARTS) is 2. The molecule has 128 valence electrons. The van der Waals surface area contributed by atoms with Gasteiger partial charge in [0.25, 0.3) is 0 Å². The van der Waals surface area contributed by atoms with Gasteiger partial charge in [0.1, 0.15) is 0 Å². The summed E-state index contributed by atoms with van der Waals surface area (Å²) in [7, 11) is 0. The largest absolute Gasteiger partial charge is 0.478 e. The van der Waals surface area contributed by atoms with Crippen molar-refractivity contribution in [2.45, 2.75) is 0 Å². The molecule has 2 aromatic heterocycles. The molecule has 0 saturated heterocycles. The molecule has 2 N–H and O–H groups in total. The number of pyridine rings is 2. The minimum Gasteiger partial charge on any atom is -0.478 e. The summed E-state index contributed by atoms with van der Waals surface area (Å²) in [6.45, 7) is 0. The number of aromatic nitrogens is 2. The Morgan fingerprint density at radius 1 is 0.846 bits per heavy atom. The maximum absolute atomic E-state index is 11.6. The van der Waals surface area contributed by atoms with Crippen molar-refractivity contribution in [1.82, 2.24) is 9.97 Å². The lowest BCUT2D eigenvalue weighted by Crippen LogP contribution is -2.04. The van der Waals surface area contributed by atoms with Gasteiger partial charge in [-0.2, -0.15) is 0 Å². The molecule has 0 aliphatic heterocycles. The van der Waals surface area contributed by atoms with Gasteiger partial charge in [-0.25, -0.2) is 9.59 Å². The SMILES string of the molecule is O=C(O)c1ccnc(-c2nccc(C(=O)O)c2C=Cc2ccccc2)c1. The Morgan fingerprint density at radius 3 is 2.27 bits per heavy atom. The van der Waals surface area contributed by atoms with E-state index in [-0.39, 0.29) is 11.1 Å². The second kappa shape index (κ2) is 7.40. The fraction of sp³-hybridized carbons (Fsp3) is 0. The predicted molar refractivity (Wildman–Crippen MR) is 96.8 cm³/mol. The standard InChI is InChI=1S/C20H14N2O4/c23-19(24)14-8-10-21-17(12-14)18-15(16(20(25)26)9-11-22-18)7-6-13-4-2-1-3-5-13/h1-12H,(H,23,24)(H,25,26). The highest BCUT2D eigenvalue weighted by molar-refractivity contribution is 5.97. The summed E-state index contributed by atoms with van der Waals surface area (Å²) < 4.78 is 0.